The summed E-state index contributed by atoms with van der Waals surface area (Å²) < 4.78 is 0. The van der Waals surface area contributed by atoms with Crippen LogP contribution in [0.3, 0.4) is 0 Å². The van der Waals surface area contributed by atoms with Gasteiger partial charge in [-0.2, -0.15) is 5.26 Å². The highest BCUT2D eigenvalue weighted by molar-refractivity contribution is 5.65. The van der Waals surface area contributed by atoms with Crippen molar-refractivity contribution in [3.05, 3.63) is 119 Å². The molecule has 0 saturated heterocycles. The monoisotopic (exact) mass is 377 g/mol. The standard InChI is InChI=1S/C26H19NO2/c27-17-18-1-3-19(4-2-18)20-5-7-21(8-6-20)26(22-9-13-24(28)14-10-22)23-11-15-25(29)16-12-23/h1-16,26,28-29H. The van der Waals surface area contributed by atoms with Crippen LogP contribution in [0, 0.1) is 11.3 Å². The molecule has 3 nitrogen and oxygen atoms in total. The Morgan fingerprint density at radius 1 is 0.517 bits per heavy atom. The fourth-order valence-electron chi connectivity index (χ4n) is 3.52. The van der Waals surface area contributed by atoms with Crippen molar-refractivity contribution in [3.63, 3.8) is 0 Å². The molecule has 0 radical (unpaired) electrons. The van der Waals surface area contributed by atoms with Crippen LogP contribution in [-0.2, 0) is 0 Å². The van der Waals surface area contributed by atoms with E-state index in [0.29, 0.717) is 5.56 Å². The molecule has 4 aromatic carbocycles. The molecule has 4 rings (SSSR count). The summed E-state index contributed by atoms with van der Waals surface area (Å²) in [5.41, 5.74) is 6.00. The van der Waals surface area contributed by atoms with E-state index in [0.717, 1.165) is 27.8 Å². The molecule has 0 unspecified atom stereocenters. The minimum absolute atomic E-state index is 0.0220. The molecule has 0 saturated carbocycles. The van der Waals surface area contributed by atoms with Gasteiger partial charge in [0.15, 0.2) is 0 Å². The van der Waals surface area contributed by atoms with Crippen molar-refractivity contribution in [3.8, 4) is 28.7 Å². The Kier molecular flexibility index (Phi) is 5.01. The number of hydrogen-bond donors (Lipinski definition) is 2. The van der Waals surface area contributed by atoms with Crippen LogP contribution >= 0.6 is 0 Å². The molecule has 0 amide bonds. The first kappa shape index (κ1) is 18.3. The predicted octanol–water partition coefficient (Wildman–Crippen LogP) is 5.82. The van der Waals surface area contributed by atoms with Gasteiger partial charge in [-0.3, -0.25) is 0 Å². The SMILES string of the molecule is N#Cc1ccc(-c2ccc(C(c3ccc(O)cc3)c3ccc(O)cc3)cc2)cc1. The Labute approximate surface area is 169 Å². The highest BCUT2D eigenvalue weighted by Gasteiger charge is 2.17. The molecule has 140 valence electrons. The third kappa shape index (κ3) is 3.97. The molecule has 29 heavy (non-hydrogen) atoms. The van der Waals surface area contributed by atoms with Crippen molar-refractivity contribution in [2.24, 2.45) is 0 Å². The van der Waals surface area contributed by atoms with Gasteiger partial charge >= 0.3 is 0 Å². The van der Waals surface area contributed by atoms with Crippen molar-refractivity contribution < 1.29 is 10.2 Å². The van der Waals surface area contributed by atoms with Gasteiger partial charge in [0.05, 0.1) is 11.6 Å². The molecule has 0 fully saturated rings. The average molecular weight is 377 g/mol. The lowest BCUT2D eigenvalue weighted by Gasteiger charge is -2.19. The van der Waals surface area contributed by atoms with E-state index >= 15 is 0 Å². The molecule has 0 heterocycles. The minimum Gasteiger partial charge on any atom is -0.508 e. The lowest BCUT2D eigenvalue weighted by molar-refractivity contribution is 0.475. The minimum atomic E-state index is -0.0220. The Balaban J connectivity index is 1.73. The van der Waals surface area contributed by atoms with Gasteiger partial charge in [-0.05, 0) is 64.2 Å². The van der Waals surface area contributed by atoms with E-state index in [9.17, 15) is 10.2 Å². The first-order chi connectivity index (χ1) is 14.1. The van der Waals surface area contributed by atoms with Crippen LogP contribution in [0.5, 0.6) is 11.5 Å². The molecular formula is C26H19NO2. The zero-order valence-corrected chi connectivity index (χ0v) is 15.7. The van der Waals surface area contributed by atoms with Crippen LogP contribution in [0.2, 0.25) is 0 Å². The van der Waals surface area contributed by atoms with E-state index in [2.05, 4.69) is 30.3 Å². The average Bonchev–Trinajstić information content (AvgIpc) is 2.77. The van der Waals surface area contributed by atoms with Crippen LogP contribution in [0.1, 0.15) is 28.2 Å². The second-order valence-electron chi connectivity index (χ2n) is 6.93. The maximum absolute atomic E-state index is 9.66. The molecule has 4 aromatic rings. The summed E-state index contributed by atoms with van der Waals surface area (Å²) in [5.74, 6) is 0.440. The van der Waals surface area contributed by atoms with Crippen molar-refractivity contribution in [2.75, 3.05) is 0 Å². The van der Waals surface area contributed by atoms with Crippen LogP contribution in [-0.4, -0.2) is 10.2 Å². The van der Waals surface area contributed by atoms with Crippen LogP contribution in [0.4, 0.5) is 0 Å². The van der Waals surface area contributed by atoms with E-state index in [1.54, 1.807) is 24.3 Å². The fraction of sp³-hybridized carbons (Fsp3) is 0.0385. The second kappa shape index (κ2) is 7.92. The maximum atomic E-state index is 9.66. The molecule has 0 aliphatic carbocycles. The number of phenolic OH excluding ortho intramolecular Hbond substituents is 2. The van der Waals surface area contributed by atoms with Gasteiger partial charge in [0.1, 0.15) is 11.5 Å². The van der Waals surface area contributed by atoms with Crippen molar-refractivity contribution >= 4 is 0 Å². The molecule has 0 atom stereocenters. The molecular weight excluding hydrogens is 358 g/mol. The molecule has 0 aliphatic rings. The third-order valence-electron chi connectivity index (χ3n) is 5.04. The zero-order chi connectivity index (χ0) is 20.2. The number of nitriles is 1. The van der Waals surface area contributed by atoms with E-state index in [4.69, 9.17) is 5.26 Å². The Morgan fingerprint density at radius 2 is 0.862 bits per heavy atom. The van der Waals surface area contributed by atoms with Crippen LogP contribution in [0.15, 0.2) is 97.1 Å². The van der Waals surface area contributed by atoms with Gasteiger partial charge in [-0.1, -0.05) is 60.7 Å². The summed E-state index contributed by atoms with van der Waals surface area (Å²) >= 11 is 0. The Morgan fingerprint density at radius 3 is 1.24 bits per heavy atom. The Bertz CT molecular complexity index is 1090. The number of hydrogen-bond acceptors (Lipinski definition) is 3. The lowest BCUT2D eigenvalue weighted by Crippen LogP contribution is -2.03. The number of rotatable bonds is 4. The largest absolute Gasteiger partial charge is 0.508 e. The molecule has 0 aromatic heterocycles. The number of nitrogens with zero attached hydrogens (tertiary/aromatic N) is 1. The zero-order valence-electron chi connectivity index (χ0n) is 15.7. The Hall–Kier alpha value is -4.03. The van der Waals surface area contributed by atoms with Gasteiger partial charge in [-0.25, -0.2) is 0 Å². The van der Waals surface area contributed by atoms with E-state index < -0.39 is 0 Å². The van der Waals surface area contributed by atoms with Crippen molar-refractivity contribution in [1.29, 1.82) is 5.26 Å². The topological polar surface area (TPSA) is 64.2 Å². The molecule has 2 N–H and O–H groups in total. The normalized spacial score (nSPS) is 10.6. The molecule has 0 aliphatic heterocycles. The van der Waals surface area contributed by atoms with Gasteiger partial charge in [0.25, 0.3) is 0 Å². The fourth-order valence-corrected chi connectivity index (χ4v) is 3.52. The number of benzene rings is 4. The molecule has 3 heteroatoms. The van der Waals surface area contributed by atoms with Crippen LogP contribution < -0.4 is 0 Å². The number of phenols is 2. The van der Waals surface area contributed by atoms with Gasteiger partial charge in [-0.15, -0.1) is 0 Å². The summed E-state index contributed by atoms with van der Waals surface area (Å²) in [4.78, 5) is 0. The van der Waals surface area contributed by atoms with Gasteiger partial charge in [0.2, 0.25) is 0 Å². The van der Waals surface area contributed by atoms with E-state index in [1.807, 2.05) is 48.5 Å². The van der Waals surface area contributed by atoms with Crippen LogP contribution in [0.25, 0.3) is 11.1 Å². The summed E-state index contributed by atoms with van der Waals surface area (Å²) in [6, 6.07) is 32.4. The highest BCUT2D eigenvalue weighted by atomic mass is 16.3. The first-order valence-corrected chi connectivity index (χ1v) is 9.32. The summed E-state index contributed by atoms with van der Waals surface area (Å²) in [6.07, 6.45) is 0. The van der Waals surface area contributed by atoms with Crippen molar-refractivity contribution in [1.82, 2.24) is 0 Å². The maximum Gasteiger partial charge on any atom is 0.115 e. The van der Waals surface area contributed by atoms with E-state index in [1.165, 1.54) is 0 Å². The quantitative estimate of drug-likeness (QED) is 0.441. The third-order valence-corrected chi connectivity index (χ3v) is 5.04. The summed E-state index contributed by atoms with van der Waals surface area (Å²) in [7, 11) is 0. The van der Waals surface area contributed by atoms with Gasteiger partial charge < -0.3 is 10.2 Å². The first-order valence-electron chi connectivity index (χ1n) is 9.32. The number of aromatic hydroxyl groups is 2. The highest BCUT2D eigenvalue weighted by Crippen LogP contribution is 2.34. The summed E-state index contributed by atoms with van der Waals surface area (Å²) in [6.45, 7) is 0. The molecule has 0 spiro atoms. The predicted molar refractivity (Wildman–Crippen MR) is 114 cm³/mol. The second-order valence-corrected chi connectivity index (χ2v) is 6.93. The summed E-state index contributed by atoms with van der Waals surface area (Å²) in [5, 5.41) is 28.3. The lowest BCUT2D eigenvalue weighted by atomic mass is 9.84. The van der Waals surface area contributed by atoms with Crippen molar-refractivity contribution in [2.45, 2.75) is 5.92 Å². The smallest absolute Gasteiger partial charge is 0.115 e. The molecule has 0 bridgehead atoms. The van der Waals surface area contributed by atoms with E-state index in [-0.39, 0.29) is 17.4 Å². The van der Waals surface area contributed by atoms with Gasteiger partial charge in [0, 0.05) is 5.92 Å².